The molecule has 0 saturated carbocycles. The molecule has 15 heteroatoms. The minimum absolute atomic E-state index is 0.00206. The van der Waals surface area contributed by atoms with E-state index < -0.39 is 23.4 Å². The Balaban J connectivity index is 1.16. The Morgan fingerprint density at radius 1 is 1.04 bits per heavy atom. The molecule has 0 unspecified atom stereocenters. The van der Waals surface area contributed by atoms with Crippen LogP contribution in [-0.4, -0.2) is 93.8 Å². The zero-order valence-corrected chi connectivity index (χ0v) is 26.6. The van der Waals surface area contributed by atoms with Gasteiger partial charge in [0.2, 0.25) is 11.7 Å². The van der Waals surface area contributed by atoms with E-state index in [1.54, 1.807) is 17.1 Å². The molecule has 1 saturated heterocycles. The number of aromatic nitrogens is 4. The zero-order chi connectivity index (χ0) is 33.2. The van der Waals surface area contributed by atoms with Gasteiger partial charge in [0.25, 0.3) is 11.8 Å². The van der Waals surface area contributed by atoms with Crippen LogP contribution in [0.1, 0.15) is 26.5 Å². The average molecular weight is 656 g/mol. The number of ether oxygens (including phenoxy) is 1. The molecule has 46 heavy (non-hydrogen) atoms. The molecule has 1 aliphatic heterocycles. The molecular weight excluding hydrogens is 622 g/mol. The third-order valence-electron chi connectivity index (χ3n) is 7.95. The SMILES string of the molecule is COc1ccc(-c2cnc(C(=O)Nc3ccc(C(=O)NCc4cnn(CC(=O)N5CC[N+](C)(C)CC5)c4)c(Cl)c3)n2C)c(F)c1F. The second-order valence-corrected chi connectivity index (χ2v) is 12.0. The summed E-state index contributed by atoms with van der Waals surface area (Å²) in [5, 5.41) is 9.78. The molecule has 0 radical (unpaired) electrons. The van der Waals surface area contributed by atoms with Crippen molar-refractivity contribution in [3.05, 3.63) is 82.5 Å². The number of quaternary nitrogens is 1. The molecule has 242 valence electrons. The van der Waals surface area contributed by atoms with Gasteiger partial charge in [0, 0.05) is 36.6 Å². The number of anilines is 1. The smallest absolute Gasteiger partial charge is 0.291 e. The van der Waals surface area contributed by atoms with Gasteiger partial charge in [-0.05, 0) is 30.3 Å². The summed E-state index contributed by atoms with van der Waals surface area (Å²) in [5.74, 6) is -3.66. The Kier molecular flexibility index (Phi) is 9.39. The third-order valence-corrected chi connectivity index (χ3v) is 8.26. The largest absolute Gasteiger partial charge is 0.494 e. The second kappa shape index (κ2) is 13.3. The standard InChI is InChI=1S/C31H33ClF2N8O4/c1-39-24(22-7-8-25(46-4)28(34)27(22)33)16-35-29(39)31(45)38-20-5-6-21(23(32)13-20)30(44)36-14-19-15-37-41(17-19)18-26(43)40-9-11-42(2,3)12-10-40/h5-8,13,15-17H,9-12,14,18H2,1-4H3,(H-,36,38,44,45)/p+1. The van der Waals surface area contributed by atoms with Gasteiger partial charge in [-0.3, -0.25) is 19.1 Å². The maximum absolute atomic E-state index is 14.6. The van der Waals surface area contributed by atoms with Crippen molar-refractivity contribution in [3.8, 4) is 17.0 Å². The number of carbonyl (C=O) groups is 3. The first kappa shape index (κ1) is 32.6. The number of methoxy groups -OCH3 is 1. The summed E-state index contributed by atoms with van der Waals surface area (Å²) >= 11 is 6.38. The fraction of sp³-hybridized carbons (Fsp3) is 0.323. The summed E-state index contributed by atoms with van der Waals surface area (Å²) in [6.45, 7) is 3.50. The molecule has 1 aliphatic rings. The summed E-state index contributed by atoms with van der Waals surface area (Å²) in [4.78, 5) is 44.4. The van der Waals surface area contributed by atoms with Crippen LogP contribution in [0.25, 0.3) is 11.3 Å². The molecule has 2 aromatic heterocycles. The van der Waals surface area contributed by atoms with Crippen LogP contribution in [0.4, 0.5) is 14.5 Å². The number of nitrogens with zero attached hydrogens (tertiary/aromatic N) is 6. The summed E-state index contributed by atoms with van der Waals surface area (Å²) in [7, 11) is 7.02. The summed E-state index contributed by atoms with van der Waals surface area (Å²) in [6, 6.07) is 7.01. The molecule has 12 nitrogen and oxygen atoms in total. The fourth-order valence-corrected chi connectivity index (χ4v) is 5.34. The summed E-state index contributed by atoms with van der Waals surface area (Å²) in [5.41, 5.74) is 1.28. The molecular formula is C31H34ClF2N8O4+. The quantitative estimate of drug-likeness (QED) is 0.267. The van der Waals surface area contributed by atoms with Crippen LogP contribution in [0.2, 0.25) is 5.02 Å². The van der Waals surface area contributed by atoms with Crippen molar-refractivity contribution >= 4 is 35.0 Å². The predicted octanol–water partition coefficient (Wildman–Crippen LogP) is 3.32. The maximum Gasteiger partial charge on any atom is 0.291 e. The highest BCUT2D eigenvalue weighted by Gasteiger charge is 2.27. The van der Waals surface area contributed by atoms with Gasteiger partial charge in [0.1, 0.15) is 6.54 Å². The van der Waals surface area contributed by atoms with Gasteiger partial charge in [-0.1, -0.05) is 11.6 Å². The van der Waals surface area contributed by atoms with E-state index in [2.05, 4.69) is 34.8 Å². The first-order chi connectivity index (χ1) is 21.9. The Hall–Kier alpha value is -4.82. The van der Waals surface area contributed by atoms with Crippen molar-refractivity contribution in [1.82, 2.24) is 29.5 Å². The second-order valence-electron chi connectivity index (χ2n) is 11.6. The van der Waals surface area contributed by atoms with Gasteiger partial charge >= 0.3 is 0 Å². The van der Waals surface area contributed by atoms with E-state index in [4.69, 9.17) is 16.3 Å². The summed E-state index contributed by atoms with van der Waals surface area (Å²) in [6.07, 6.45) is 4.56. The van der Waals surface area contributed by atoms with Gasteiger partial charge < -0.3 is 29.3 Å². The molecule has 1 fully saturated rings. The predicted molar refractivity (Wildman–Crippen MR) is 166 cm³/mol. The number of nitrogens with one attached hydrogen (secondary N) is 2. The molecule has 0 aliphatic carbocycles. The number of rotatable bonds is 9. The third kappa shape index (κ3) is 7.02. The van der Waals surface area contributed by atoms with Crippen LogP contribution in [0.15, 0.2) is 48.9 Å². The van der Waals surface area contributed by atoms with E-state index in [1.165, 1.54) is 55.3 Å². The van der Waals surface area contributed by atoms with Crippen molar-refractivity contribution < 1.29 is 32.4 Å². The molecule has 3 amide bonds. The molecule has 0 bridgehead atoms. The molecule has 4 aromatic rings. The summed E-state index contributed by atoms with van der Waals surface area (Å²) < 4.78 is 37.5. The lowest BCUT2D eigenvalue weighted by molar-refractivity contribution is -0.894. The number of hydrogen-bond donors (Lipinski definition) is 2. The highest BCUT2D eigenvalue weighted by molar-refractivity contribution is 6.34. The highest BCUT2D eigenvalue weighted by atomic mass is 35.5. The van der Waals surface area contributed by atoms with E-state index in [-0.39, 0.29) is 52.4 Å². The van der Waals surface area contributed by atoms with Crippen LogP contribution in [-0.2, 0) is 24.9 Å². The van der Waals surface area contributed by atoms with E-state index in [9.17, 15) is 23.2 Å². The van der Waals surface area contributed by atoms with Gasteiger partial charge in [0.05, 0.1) is 76.1 Å². The fourth-order valence-electron chi connectivity index (χ4n) is 5.08. The Bertz CT molecular complexity index is 1790. The lowest BCUT2D eigenvalue weighted by Crippen LogP contribution is -2.56. The van der Waals surface area contributed by atoms with E-state index in [0.29, 0.717) is 24.3 Å². The monoisotopic (exact) mass is 655 g/mol. The Labute approximate surface area is 269 Å². The first-order valence-electron chi connectivity index (χ1n) is 14.4. The number of likely N-dealkylation sites (N-methyl/N-ethyl adjacent to an activating group) is 1. The average Bonchev–Trinajstić information content (AvgIpc) is 3.63. The van der Waals surface area contributed by atoms with E-state index >= 15 is 0 Å². The van der Waals surface area contributed by atoms with Crippen LogP contribution < -0.4 is 15.4 Å². The van der Waals surface area contributed by atoms with Crippen LogP contribution >= 0.6 is 11.6 Å². The topological polar surface area (TPSA) is 123 Å². The lowest BCUT2D eigenvalue weighted by Gasteiger charge is -2.39. The Morgan fingerprint density at radius 3 is 2.48 bits per heavy atom. The minimum Gasteiger partial charge on any atom is -0.494 e. The number of amides is 3. The number of carbonyl (C=O) groups excluding carboxylic acids is 3. The number of piperazine rings is 1. The van der Waals surface area contributed by atoms with Crippen molar-refractivity contribution in [3.63, 3.8) is 0 Å². The van der Waals surface area contributed by atoms with Crippen molar-refractivity contribution in [1.29, 1.82) is 0 Å². The van der Waals surface area contributed by atoms with Gasteiger partial charge in [0.15, 0.2) is 17.4 Å². The van der Waals surface area contributed by atoms with Gasteiger partial charge in [-0.15, -0.1) is 0 Å². The Morgan fingerprint density at radius 2 is 1.78 bits per heavy atom. The van der Waals surface area contributed by atoms with Crippen LogP contribution in [0.5, 0.6) is 5.75 Å². The normalized spacial score (nSPS) is 14.2. The zero-order valence-electron chi connectivity index (χ0n) is 25.8. The van der Waals surface area contributed by atoms with E-state index in [0.717, 1.165) is 17.6 Å². The number of benzene rings is 2. The number of imidazole rings is 1. The molecule has 2 N–H and O–H groups in total. The maximum atomic E-state index is 14.6. The molecule has 2 aromatic carbocycles. The molecule has 5 rings (SSSR count). The molecule has 0 spiro atoms. The molecule has 3 heterocycles. The highest BCUT2D eigenvalue weighted by Crippen LogP contribution is 2.30. The van der Waals surface area contributed by atoms with Crippen LogP contribution in [0, 0.1) is 11.6 Å². The lowest BCUT2D eigenvalue weighted by atomic mass is 10.1. The number of halogens is 3. The van der Waals surface area contributed by atoms with Gasteiger partial charge in [-0.25, -0.2) is 9.37 Å². The first-order valence-corrected chi connectivity index (χ1v) is 14.8. The minimum atomic E-state index is -1.15. The van der Waals surface area contributed by atoms with Gasteiger partial charge in [-0.2, -0.15) is 9.49 Å². The van der Waals surface area contributed by atoms with E-state index in [1.807, 2.05) is 4.90 Å². The van der Waals surface area contributed by atoms with Crippen LogP contribution in [0.3, 0.4) is 0 Å². The van der Waals surface area contributed by atoms with Crippen molar-refractivity contribution in [2.24, 2.45) is 7.05 Å². The van der Waals surface area contributed by atoms with Crippen molar-refractivity contribution in [2.45, 2.75) is 13.1 Å². The number of hydrogen-bond acceptors (Lipinski definition) is 6. The van der Waals surface area contributed by atoms with Crippen molar-refractivity contribution in [2.75, 3.05) is 52.7 Å². The molecule has 0 atom stereocenters.